The molecule has 0 N–H and O–H groups in total. The molecule has 2 rings (SSSR count). The van der Waals surface area contributed by atoms with E-state index in [2.05, 4.69) is 10.2 Å². The Kier molecular flexibility index (Phi) is 5.21. The van der Waals surface area contributed by atoms with Crippen molar-refractivity contribution in [1.29, 1.82) is 0 Å². The van der Waals surface area contributed by atoms with E-state index in [0.29, 0.717) is 30.3 Å². The molecule has 0 radical (unpaired) electrons. The van der Waals surface area contributed by atoms with E-state index in [1.807, 2.05) is 12.1 Å². The van der Waals surface area contributed by atoms with Crippen molar-refractivity contribution in [3.05, 3.63) is 22.6 Å². The number of piperazine rings is 1. The van der Waals surface area contributed by atoms with Gasteiger partial charge in [0, 0.05) is 25.2 Å². The molecule has 0 saturated carbocycles. The van der Waals surface area contributed by atoms with E-state index in [4.69, 9.17) is 14.2 Å². The Labute approximate surface area is 124 Å². The number of ether oxygens (including phenoxy) is 3. The van der Waals surface area contributed by atoms with Crippen molar-refractivity contribution < 1.29 is 14.2 Å². The predicted octanol–water partition coefficient (Wildman–Crippen LogP) is 1.51. The molecule has 0 aromatic heterocycles. The van der Waals surface area contributed by atoms with E-state index in [1.54, 1.807) is 26.3 Å². The molecule has 0 spiro atoms. The van der Waals surface area contributed by atoms with Gasteiger partial charge in [0.05, 0.1) is 39.7 Å². The van der Waals surface area contributed by atoms with Crippen LogP contribution in [0.25, 0.3) is 0 Å². The zero-order valence-electron chi connectivity index (χ0n) is 12.7. The fourth-order valence-corrected chi connectivity index (χ4v) is 2.51. The molecule has 1 aliphatic heterocycles. The molecular formula is C14H21N3O4. The van der Waals surface area contributed by atoms with Gasteiger partial charge < -0.3 is 14.2 Å². The van der Waals surface area contributed by atoms with Crippen molar-refractivity contribution in [3.63, 3.8) is 0 Å². The number of rotatable bonds is 6. The molecule has 1 aliphatic rings. The lowest BCUT2D eigenvalue weighted by Crippen LogP contribution is -2.43. The van der Waals surface area contributed by atoms with Crippen LogP contribution in [0.1, 0.15) is 5.56 Å². The fourth-order valence-electron chi connectivity index (χ4n) is 2.51. The van der Waals surface area contributed by atoms with Crippen LogP contribution in [-0.2, 0) is 6.54 Å². The summed E-state index contributed by atoms with van der Waals surface area (Å²) in [4.78, 5) is 12.7. The summed E-state index contributed by atoms with van der Waals surface area (Å²) in [5.41, 5.74) is 1.03. The second kappa shape index (κ2) is 7.12. The Morgan fingerprint density at radius 3 is 2.19 bits per heavy atom. The molecule has 21 heavy (non-hydrogen) atoms. The third-order valence-electron chi connectivity index (χ3n) is 3.64. The molecule has 116 valence electrons. The predicted molar refractivity (Wildman–Crippen MR) is 78.7 cm³/mol. The molecule has 1 aromatic rings. The van der Waals surface area contributed by atoms with E-state index in [9.17, 15) is 4.91 Å². The lowest BCUT2D eigenvalue weighted by Gasteiger charge is -2.31. The van der Waals surface area contributed by atoms with Crippen molar-refractivity contribution >= 4 is 0 Å². The standard InChI is InChI=1S/C14H21N3O4/c1-19-12-5-4-11(13(20-2)14(12)21-3)10-16-6-8-17(15-18)9-7-16/h4-5H,6-10H2,1-3H3. The van der Waals surface area contributed by atoms with Crippen molar-refractivity contribution in [1.82, 2.24) is 9.91 Å². The molecule has 0 atom stereocenters. The van der Waals surface area contributed by atoms with Gasteiger partial charge in [-0.2, -0.15) is 0 Å². The minimum absolute atomic E-state index is 0.602. The minimum Gasteiger partial charge on any atom is -0.493 e. The smallest absolute Gasteiger partial charge is 0.203 e. The molecule has 1 fully saturated rings. The second-order valence-corrected chi connectivity index (χ2v) is 4.80. The van der Waals surface area contributed by atoms with Gasteiger partial charge in [-0.25, -0.2) is 0 Å². The van der Waals surface area contributed by atoms with Crippen LogP contribution in [0, 0.1) is 4.91 Å². The second-order valence-electron chi connectivity index (χ2n) is 4.80. The van der Waals surface area contributed by atoms with Gasteiger partial charge in [-0.15, -0.1) is 4.91 Å². The first kappa shape index (κ1) is 15.4. The van der Waals surface area contributed by atoms with Crippen LogP contribution in [0.3, 0.4) is 0 Å². The zero-order valence-corrected chi connectivity index (χ0v) is 12.7. The maximum atomic E-state index is 10.5. The first-order valence-corrected chi connectivity index (χ1v) is 6.82. The van der Waals surface area contributed by atoms with E-state index in [0.717, 1.165) is 25.2 Å². The maximum absolute atomic E-state index is 10.5. The molecule has 0 aliphatic carbocycles. The maximum Gasteiger partial charge on any atom is 0.203 e. The topological polar surface area (TPSA) is 63.6 Å². The molecule has 1 saturated heterocycles. The molecule has 1 aromatic carbocycles. The van der Waals surface area contributed by atoms with Crippen LogP contribution >= 0.6 is 0 Å². The summed E-state index contributed by atoms with van der Waals surface area (Å²) in [6, 6.07) is 3.85. The van der Waals surface area contributed by atoms with Gasteiger partial charge >= 0.3 is 0 Å². The van der Waals surface area contributed by atoms with Crippen molar-refractivity contribution in [2.45, 2.75) is 6.54 Å². The quantitative estimate of drug-likeness (QED) is 0.741. The largest absolute Gasteiger partial charge is 0.493 e. The summed E-state index contributed by atoms with van der Waals surface area (Å²) in [6.07, 6.45) is 0. The van der Waals surface area contributed by atoms with E-state index < -0.39 is 0 Å². The van der Waals surface area contributed by atoms with Gasteiger partial charge in [0.15, 0.2) is 11.5 Å². The van der Waals surface area contributed by atoms with Crippen LogP contribution < -0.4 is 14.2 Å². The summed E-state index contributed by atoms with van der Waals surface area (Å²) < 4.78 is 16.2. The van der Waals surface area contributed by atoms with Gasteiger partial charge in [0.2, 0.25) is 5.75 Å². The van der Waals surface area contributed by atoms with Gasteiger partial charge in [-0.05, 0) is 6.07 Å². The Morgan fingerprint density at radius 1 is 1.00 bits per heavy atom. The van der Waals surface area contributed by atoms with Crippen molar-refractivity contribution in [2.24, 2.45) is 5.29 Å². The summed E-state index contributed by atoms with van der Waals surface area (Å²) in [5.74, 6) is 1.94. The average Bonchev–Trinajstić information content (AvgIpc) is 2.54. The minimum atomic E-state index is 0.602. The van der Waals surface area contributed by atoms with Gasteiger partial charge in [0.25, 0.3) is 0 Å². The average molecular weight is 295 g/mol. The molecule has 0 amide bonds. The summed E-state index contributed by atoms with van der Waals surface area (Å²) in [5, 5.41) is 4.51. The highest BCUT2D eigenvalue weighted by Crippen LogP contribution is 2.40. The third kappa shape index (κ3) is 3.36. The highest BCUT2D eigenvalue weighted by atomic mass is 16.5. The van der Waals surface area contributed by atoms with Gasteiger partial charge in [-0.1, -0.05) is 6.07 Å². The summed E-state index contributed by atoms with van der Waals surface area (Å²) in [7, 11) is 4.82. The van der Waals surface area contributed by atoms with Crippen LogP contribution in [-0.4, -0.2) is 57.4 Å². The Balaban J connectivity index is 2.15. The number of hydrogen-bond donors (Lipinski definition) is 0. The molecule has 7 nitrogen and oxygen atoms in total. The normalized spacial score (nSPS) is 15.7. The summed E-state index contributed by atoms with van der Waals surface area (Å²) >= 11 is 0. The van der Waals surface area contributed by atoms with E-state index in [1.165, 1.54) is 0 Å². The molecule has 0 bridgehead atoms. The van der Waals surface area contributed by atoms with Crippen molar-refractivity contribution in [3.8, 4) is 17.2 Å². The number of benzene rings is 1. The van der Waals surface area contributed by atoms with E-state index >= 15 is 0 Å². The number of methoxy groups -OCH3 is 3. The highest BCUT2D eigenvalue weighted by molar-refractivity contribution is 5.55. The Bertz CT molecular complexity index is 487. The fraction of sp³-hybridized carbons (Fsp3) is 0.571. The lowest BCUT2D eigenvalue weighted by molar-refractivity contribution is 0.128. The SMILES string of the molecule is COc1ccc(CN2CCN(N=O)CC2)c(OC)c1OC. The number of hydrogen-bond acceptors (Lipinski definition) is 6. The highest BCUT2D eigenvalue weighted by Gasteiger charge is 2.21. The van der Waals surface area contributed by atoms with Crippen LogP contribution in [0.4, 0.5) is 0 Å². The molecule has 0 unspecified atom stereocenters. The zero-order chi connectivity index (χ0) is 15.2. The molecule has 1 heterocycles. The van der Waals surface area contributed by atoms with Crippen LogP contribution in [0.15, 0.2) is 17.4 Å². The van der Waals surface area contributed by atoms with Gasteiger partial charge in [-0.3, -0.25) is 9.91 Å². The monoisotopic (exact) mass is 295 g/mol. The van der Waals surface area contributed by atoms with Crippen molar-refractivity contribution in [2.75, 3.05) is 47.5 Å². The molecule has 7 heteroatoms. The third-order valence-corrected chi connectivity index (χ3v) is 3.64. The lowest BCUT2D eigenvalue weighted by atomic mass is 10.1. The van der Waals surface area contributed by atoms with Gasteiger partial charge in [0.1, 0.15) is 0 Å². The Morgan fingerprint density at radius 2 is 1.67 bits per heavy atom. The molecular weight excluding hydrogens is 274 g/mol. The van der Waals surface area contributed by atoms with Crippen LogP contribution in [0.2, 0.25) is 0 Å². The number of nitroso groups, excluding NO2 is 1. The summed E-state index contributed by atoms with van der Waals surface area (Å²) in [6.45, 7) is 3.63. The first-order chi connectivity index (χ1) is 10.2. The van der Waals surface area contributed by atoms with Crippen LogP contribution in [0.5, 0.6) is 17.2 Å². The first-order valence-electron chi connectivity index (χ1n) is 6.82. The number of nitrogens with zero attached hydrogens (tertiary/aromatic N) is 3. The Hall–Kier alpha value is -2.02. The van der Waals surface area contributed by atoms with E-state index in [-0.39, 0.29) is 0 Å².